The number of aromatic nitrogens is 3. The minimum absolute atomic E-state index is 0.0756. The molecule has 2 N–H and O–H groups in total. The molecule has 0 radical (unpaired) electrons. The number of aromatic amines is 2. The van der Waals surface area contributed by atoms with Gasteiger partial charge in [-0.25, -0.2) is 4.98 Å². The van der Waals surface area contributed by atoms with Crippen molar-refractivity contribution < 1.29 is 0 Å². The molecule has 7 heteroatoms. The number of nitrogens with one attached hydrogen (secondary N) is 2. The Hall–Kier alpha value is -2.09. The van der Waals surface area contributed by atoms with Crippen LogP contribution in [0.5, 0.6) is 0 Å². The van der Waals surface area contributed by atoms with E-state index in [0.29, 0.717) is 11.3 Å². The van der Waals surface area contributed by atoms with E-state index in [4.69, 9.17) is 12.2 Å². The Labute approximate surface area is 154 Å². The molecule has 128 valence electrons. The second-order valence-electron chi connectivity index (χ2n) is 6.27. The summed E-state index contributed by atoms with van der Waals surface area (Å²) in [5, 5.41) is 1.05. The monoisotopic (exact) mass is 370 g/mol. The molecule has 5 nitrogen and oxygen atoms in total. The maximum absolute atomic E-state index is 12.1. The van der Waals surface area contributed by atoms with E-state index < -0.39 is 0 Å². The summed E-state index contributed by atoms with van der Waals surface area (Å²) >= 11 is 6.77. The summed E-state index contributed by atoms with van der Waals surface area (Å²) in [5.74, 6) is 0. The summed E-state index contributed by atoms with van der Waals surface area (Å²) in [6.07, 6.45) is 2.76. The first-order valence-electron chi connectivity index (χ1n) is 8.17. The van der Waals surface area contributed by atoms with Gasteiger partial charge in [-0.1, -0.05) is 24.3 Å². The number of H-pyrrole nitrogens is 2. The number of aryl methyl sites for hydroxylation is 1. The van der Waals surface area contributed by atoms with Crippen LogP contribution in [0.15, 0.2) is 35.3 Å². The van der Waals surface area contributed by atoms with Gasteiger partial charge in [-0.15, -0.1) is 11.3 Å². The Morgan fingerprint density at radius 2 is 2.16 bits per heavy atom. The highest BCUT2D eigenvalue weighted by molar-refractivity contribution is 7.71. The molecule has 0 unspecified atom stereocenters. The van der Waals surface area contributed by atoms with Crippen LogP contribution in [-0.2, 0) is 19.5 Å². The first-order chi connectivity index (χ1) is 12.1. The molecule has 2 aromatic heterocycles. The van der Waals surface area contributed by atoms with Crippen LogP contribution in [0.25, 0.3) is 10.6 Å². The summed E-state index contributed by atoms with van der Waals surface area (Å²) in [6.45, 7) is 4.44. The molecule has 0 saturated carbocycles. The Morgan fingerprint density at radius 1 is 1.32 bits per heavy atom. The Kier molecular flexibility index (Phi) is 4.37. The summed E-state index contributed by atoms with van der Waals surface area (Å²) in [5.41, 5.74) is 4.11. The van der Waals surface area contributed by atoms with Crippen LogP contribution in [0.1, 0.15) is 21.7 Å². The van der Waals surface area contributed by atoms with Gasteiger partial charge < -0.3 is 4.98 Å². The van der Waals surface area contributed by atoms with Crippen molar-refractivity contribution in [1.29, 1.82) is 0 Å². The van der Waals surface area contributed by atoms with Crippen molar-refractivity contribution in [1.82, 2.24) is 19.9 Å². The number of nitrogens with zero attached hydrogens (tertiary/aromatic N) is 2. The van der Waals surface area contributed by atoms with E-state index in [1.165, 1.54) is 16.0 Å². The highest BCUT2D eigenvalue weighted by atomic mass is 32.1. The first-order valence-corrected chi connectivity index (χ1v) is 9.40. The van der Waals surface area contributed by atoms with Gasteiger partial charge >= 0.3 is 0 Å². The van der Waals surface area contributed by atoms with Crippen LogP contribution in [0, 0.1) is 11.7 Å². The van der Waals surface area contributed by atoms with Gasteiger partial charge in [-0.05, 0) is 24.7 Å². The van der Waals surface area contributed by atoms with Gasteiger partial charge in [0.15, 0.2) is 4.77 Å². The van der Waals surface area contributed by atoms with Crippen LogP contribution in [0.2, 0.25) is 0 Å². The quantitative estimate of drug-likeness (QED) is 0.694. The van der Waals surface area contributed by atoms with Gasteiger partial charge in [0.1, 0.15) is 5.01 Å². The molecule has 0 amide bonds. The molecule has 0 spiro atoms. The molecule has 4 rings (SSSR count). The van der Waals surface area contributed by atoms with Gasteiger partial charge in [0.05, 0.1) is 5.56 Å². The topological polar surface area (TPSA) is 64.8 Å². The zero-order chi connectivity index (χ0) is 17.4. The second-order valence-corrected chi connectivity index (χ2v) is 7.80. The third-order valence-corrected chi connectivity index (χ3v) is 5.72. The average Bonchev–Trinajstić information content (AvgIpc) is 3.04. The highest BCUT2D eigenvalue weighted by Gasteiger charge is 2.20. The third kappa shape index (κ3) is 3.35. The normalized spacial score (nSPS) is 14.4. The van der Waals surface area contributed by atoms with Crippen molar-refractivity contribution >= 4 is 23.6 Å². The largest absolute Gasteiger partial charge is 0.335 e. The zero-order valence-electron chi connectivity index (χ0n) is 13.8. The maximum atomic E-state index is 12.1. The molecule has 0 fully saturated rings. The molecule has 25 heavy (non-hydrogen) atoms. The SMILES string of the molecule is Cc1ccccc1-c1ncc(CN2CCc3[nH]c(=S)[nH]c(=O)c3C2)s1. The Balaban J connectivity index is 1.53. The lowest BCUT2D eigenvalue weighted by atomic mass is 10.1. The second kappa shape index (κ2) is 6.67. The van der Waals surface area contributed by atoms with Gasteiger partial charge in [0.25, 0.3) is 5.56 Å². The minimum Gasteiger partial charge on any atom is -0.335 e. The van der Waals surface area contributed by atoms with Gasteiger partial charge in [0.2, 0.25) is 0 Å². The number of fused-ring (bicyclic) bond motifs is 1. The molecule has 1 aliphatic rings. The predicted octanol–water partition coefficient (Wildman–Crippen LogP) is 3.42. The molecular weight excluding hydrogens is 352 g/mol. The zero-order valence-corrected chi connectivity index (χ0v) is 15.5. The predicted molar refractivity (Wildman–Crippen MR) is 102 cm³/mol. The summed E-state index contributed by atoms with van der Waals surface area (Å²) in [6, 6.07) is 8.30. The van der Waals surface area contributed by atoms with Crippen LogP contribution in [-0.4, -0.2) is 26.4 Å². The molecule has 1 aliphatic heterocycles. The van der Waals surface area contributed by atoms with Crippen LogP contribution >= 0.6 is 23.6 Å². The standard InChI is InChI=1S/C18H18N4OS2/c1-11-4-2-3-5-13(11)17-19-8-12(25-17)9-22-7-6-15-14(10-22)16(23)21-18(24)20-15/h2-5,8H,6-7,9-10H2,1H3,(H2,20,21,23,24). The van der Waals surface area contributed by atoms with Crippen molar-refractivity contribution in [3.8, 4) is 10.6 Å². The van der Waals surface area contributed by atoms with Crippen LogP contribution in [0.4, 0.5) is 0 Å². The van der Waals surface area contributed by atoms with E-state index in [1.54, 1.807) is 11.3 Å². The van der Waals surface area contributed by atoms with Crippen LogP contribution < -0.4 is 5.56 Å². The Morgan fingerprint density at radius 3 is 3.00 bits per heavy atom. The number of hydrogen-bond donors (Lipinski definition) is 2. The Bertz CT molecular complexity index is 1030. The molecule has 1 aromatic carbocycles. The maximum Gasteiger partial charge on any atom is 0.256 e. The highest BCUT2D eigenvalue weighted by Crippen LogP contribution is 2.29. The van der Waals surface area contributed by atoms with E-state index in [1.807, 2.05) is 18.3 Å². The van der Waals surface area contributed by atoms with E-state index in [9.17, 15) is 4.79 Å². The van der Waals surface area contributed by atoms with Gasteiger partial charge in [0, 0.05) is 48.4 Å². The van der Waals surface area contributed by atoms with Crippen molar-refractivity contribution in [2.75, 3.05) is 6.54 Å². The van der Waals surface area contributed by atoms with E-state index >= 15 is 0 Å². The molecule has 0 bridgehead atoms. The molecule has 3 aromatic rings. The number of hydrogen-bond acceptors (Lipinski definition) is 5. The smallest absolute Gasteiger partial charge is 0.256 e. The summed E-state index contributed by atoms with van der Waals surface area (Å²) in [4.78, 5) is 26.0. The summed E-state index contributed by atoms with van der Waals surface area (Å²) < 4.78 is 0.405. The molecule has 3 heterocycles. The fraction of sp³-hybridized carbons (Fsp3) is 0.278. The molecule has 0 saturated heterocycles. The first kappa shape index (κ1) is 16.4. The minimum atomic E-state index is -0.0756. The molecule has 0 atom stereocenters. The van der Waals surface area contributed by atoms with Gasteiger partial charge in [-0.2, -0.15) is 0 Å². The lowest BCUT2D eigenvalue weighted by Crippen LogP contribution is -2.35. The van der Waals surface area contributed by atoms with E-state index in [0.717, 1.165) is 35.8 Å². The molecular formula is C18H18N4OS2. The fourth-order valence-electron chi connectivity index (χ4n) is 3.19. The average molecular weight is 371 g/mol. The van der Waals surface area contributed by atoms with E-state index in [-0.39, 0.29) is 5.56 Å². The third-order valence-electron chi connectivity index (χ3n) is 4.50. The number of rotatable bonds is 3. The summed E-state index contributed by atoms with van der Waals surface area (Å²) in [7, 11) is 0. The lowest BCUT2D eigenvalue weighted by Gasteiger charge is -2.27. The van der Waals surface area contributed by atoms with Crippen LogP contribution in [0.3, 0.4) is 0 Å². The van der Waals surface area contributed by atoms with Crippen molar-refractivity contribution in [3.05, 3.63) is 67.3 Å². The lowest BCUT2D eigenvalue weighted by molar-refractivity contribution is 0.243. The van der Waals surface area contributed by atoms with Gasteiger partial charge in [-0.3, -0.25) is 14.7 Å². The van der Waals surface area contributed by atoms with E-state index in [2.05, 4.69) is 38.9 Å². The van der Waals surface area contributed by atoms with Crippen molar-refractivity contribution in [2.24, 2.45) is 0 Å². The molecule has 0 aliphatic carbocycles. The number of thiazole rings is 1. The fourth-order valence-corrected chi connectivity index (χ4v) is 4.45. The van der Waals surface area contributed by atoms with Crippen molar-refractivity contribution in [3.63, 3.8) is 0 Å². The van der Waals surface area contributed by atoms with Crippen molar-refractivity contribution in [2.45, 2.75) is 26.4 Å². The number of benzene rings is 1.